The zero-order chi connectivity index (χ0) is 55.7. The van der Waals surface area contributed by atoms with Crippen LogP contribution in [0.5, 0.6) is 0 Å². The van der Waals surface area contributed by atoms with Gasteiger partial charge in [0.1, 0.15) is 13.2 Å². The molecule has 0 aromatic carbocycles. The van der Waals surface area contributed by atoms with Gasteiger partial charge < -0.3 is 14.2 Å². The summed E-state index contributed by atoms with van der Waals surface area (Å²) in [4.78, 5) is 37.9. The normalized spacial score (nSPS) is 12.9. The first-order chi connectivity index (χ1) is 38.0. The predicted molar refractivity (Wildman–Crippen MR) is 334 cm³/mol. The maximum absolute atomic E-state index is 12.8. The van der Waals surface area contributed by atoms with Crippen molar-refractivity contribution in [2.24, 2.45) is 0 Å². The molecule has 0 aliphatic rings. The minimum absolute atomic E-state index is 0.0840. The highest BCUT2D eigenvalue weighted by Gasteiger charge is 2.19. The number of esters is 3. The maximum atomic E-state index is 12.8. The van der Waals surface area contributed by atoms with Crippen LogP contribution in [0.1, 0.15) is 290 Å². The molecule has 1 atom stereocenters. The minimum Gasteiger partial charge on any atom is -0.462 e. The van der Waals surface area contributed by atoms with E-state index in [1.54, 1.807) is 0 Å². The first-order valence-electron chi connectivity index (χ1n) is 32.0. The Morgan fingerprint density at radius 2 is 0.506 bits per heavy atom. The first kappa shape index (κ1) is 72.8. The molecule has 6 nitrogen and oxygen atoms in total. The van der Waals surface area contributed by atoms with Gasteiger partial charge in [-0.1, -0.05) is 277 Å². The number of hydrogen-bond donors (Lipinski definition) is 0. The Bertz CT molecular complexity index is 1600. The van der Waals surface area contributed by atoms with Crippen molar-refractivity contribution in [3.8, 4) is 0 Å². The van der Waals surface area contributed by atoms with E-state index in [2.05, 4.69) is 142 Å². The molecule has 0 N–H and O–H groups in total. The van der Waals surface area contributed by atoms with Gasteiger partial charge in [0.2, 0.25) is 0 Å². The summed E-state index contributed by atoms with van der Waals surface area (Å²) in [6, 6.07) is 0. The molecule has 1 unspecified atom stereocenters. The summed E-state index contributed by atoms with van der Waals surface area (Å²) >= 11 is 0. The lowest BCUT2D eigenvalue weighted by Crippen LogP contribution is -2.30. The first-order valence-corrected chi connectivity index (χ1v) is 32.0. The van der Waals surface area contributed by atoms with E-state index < -0.39 is 6.10 Å². The summed E-state index contributed by atoms with van der Waals surface area (Å²) in [6.45, 7) is 6.41. The summed E-state index contributed by atoms with van der Waals surface area (Å²) < 4.78 is 16.7. The molecular formula is C71H118O6. The highest BCUT2D eigenvalue weighted by Crippen LogP contribution is 2.16. The van der Waals surface area contributed by atoms with Gasteiger partial charge in [-0.25, -0.2) is 0 Å². The van der Waals surface area contributed by atoms with E-state index in [0.29, 0.717) is 19.3 Å². The quantitative estimate of drug-likeness (QED) is 0.0261. The number of carbonyl (C=O) groups excluding carboxylic acids is 3. The molecule has 0 saturated heterocycles. The van der Waals surface area contributed by atoms with Crippen molar-refractivity contribution in [1.29, 1.82) is 0 Å². The number of allylic oxidation sites excluding steroid dienone is 20. The summed E-state index contributed by atoms with van der Waals surface area (Å²) in [5.74, 6) is -0.909. The summed E-state index contributed by atoms with van der Waals surface area (Å²) in [6.07, 6.45) is 89.7. The molecule has 0 aromatic heterocycles. The zero-order valence-corrected chi connectivity index (χ0v) is 50.2. The van der Waals surface area contributed by atoms with Crippen molar-refractivity contribution in [3.63, 3.8) is 0 Å². The van der Waals surface area contributed by atoms with Crippen LogP contribution in [0.2, 0.25) is 0 Å². The SMILES string of the molecule is CC/C=C\C/C=C\C/C=C\C/C=C\C/C=C\C/C=C\C/C=C\CCCCCCCCCCCCCCCC(=O)OCC(COC(=O)CCCCCCC)OC(=O)CCCCCCCC/C=C\C/C=C\C/C=C\CCCCC. The van der Waals surface area contributed by atoms with Crippen LogP contribution in [0, 0.1) is 0 Å². The van der Waals surface area contributed by atoms with Crippen molar-refractivity contribution < 1.29 is 28.6 Å². The van der Waals surface area contributed by atoms with E-state index >= 15 is 0 Å². The van der Waals surface area contributed by atoms with E-state index in [9.17, 15) is 14.4 Å². The maximum Gasteiger partial charge on any atom is 0.306 e. The largest absolute Gasteiger partial charge is 0.462 e. The third-order valence-electron chi connectivity index (χ3n) is 13.5. The van der Waals surface area contributed by atoms with E-state index in [0.717, 1.165) is 135 Å². The van der Waals surface area contributed by atoms with Gasteiger partial charge in [-0.2, -0.15) is 0 Å². The van der Waals surface area contributed by atoms with Crippen LogP contribution >= 0.6 is 0 Å². The standard InChI is InChI=1S/C71H118O6/c1-4-7-10-13-15-17-19-21-23-25-27-28-29-30-31-32-33-34-35-36-37-38-39-40-41-42-44-45-47-49-51-53-55-58-61-64-70(73)76-67-68(66-75-69(72)63-60-57-12-9-6-3)77-71(74)65-62-59-56-54-52-50-48-46-43-26-24-22-20-18-16-14-11-8-5-2/h7,10,15-18,21-24,27-28,30-31,33-34,36-37,43,46,68H,4-6,8-9,11-14,19-20,25-26,29,32,35,38-42,44-45,47-67H2,1-3H3/b10-7-,17-15-,18-16-,23-21-,24-22-,28-27-,31-30-,34-33-,37-36-,46-43-. The third kappa shape index (κ3) is 62.5. The van der Waals surface area contributed by atoms with Crippen molar-refractivity contribution >= 4 is 17.9 Å². The van der Waals surface area contributed by atoms with Gasteiger partial charge in [0.25, 0.3) is 0 Å². The molecule has 6 heteroatoms. The number of rotatable bonds is 57. The van der Waals surface area contributed by atoms with E-state index in [4.69, 9.17) is 14.2 Å². The van der Waals surface area contributed by atoms with Crippen LogP contribution in [0.3, 0.4) is 0 Å². The van der Waals surface area contributed by atoms with Crippen molar-refractivity contribution in [1.82, 2.24) is 0 Å². The molecule has 0 bridgehead atoms. The van der Waals surface area contributed by atoms with Crippen LogP contribution < -0.4 is 0 Å². The Kier molecular flexibility index (Phi) is 60.8. The van der Waals surface area contributed by atoms with Crippen molar-refractivity contribution in [2.45, 2.75) is 297 Å². The molecule has 0 rings (SSSR count). The third-order valence-corrected chi connectivity index (χ3v) is 13.5. The lowest BCUT2D eigenvalue weighted by Gasteiger charge is -2.18. The molecule has 0 aliphatic heterocycles. The Balaban J connectivity index is 4.02. The Hall–Kier alpha value is -4.19. The lowest BCUT2D eigenvalue weighted by molar-refractivity contribution is -0.167. The van der Waals surface area contributed by atoms with Gasteiger partial charge in [-0.05, 0) is 116 Å². The second-order valence-electron chi connectivity index (χ2n) is 20.9. The van der Waals surface area contributed by atoms with Crippen LogP contribution in [-0.4, -0.2) is 37.2 Å². The molecular weight excluding hydrogens is 949 g/mol. The van der Waals surface area contributed by atoms with Crippen LogP contribution in [-0.2, 0) is 28.6 Å². The molecule has 0 aromatic rings. The molecule has 0 amide bonds. The van der Waals surface area contributed by atoms with Gasteiger partial charge in [-0.15, -0.1) is 0 Å². The second kappa shape index (κ2) is 64.3. The molecule has 0 radical (unpaired) electrons. The Morgan fingerprint density at radius 3 is 0.818 bits per heavy atom. The van der Waals surface area contributed by atoms with E-state index in [-0.39, 0.29) is 31.1 Å². The molecule has 0 saturated carbocycles. The van der Waals surface area contributed by atoms with Gasteiger partial charge in [0.15, 0.2) is 6.10 Å². The monoisotopic (exact) mass is 1070 g/mol. The molecule has 0 aliphatic carbocycles. The lowest BCUT2D eigenvalue weighted by atomic mass is 10.0. The fraction of sp³-hybridized carbons (Fsp3) is 0.676. The van der Waals surface area contributed by atoms with Gasteiger partial charge in [0.05, 0.1) is 0 Å². The molecule has 0 fully saturated rings. The summed E-state index contributed by atoms with van der Waals surface area (Å²) in [7, 11) is 0. The highest BCUT2D eigenvalue weighted by molar-refractivity contribution is 5.71. The number of ether oxygens (including phenoxy) is 3. The van der Waals surface area contributed by atoms with Gasteiger partial charge >= 0.3 is 17.9 Å². The number of hydrogen-bond acceptors (Lipinski definition) is 6. The Morgan fingerprint density at radius 1 is 0.273 bits per heavy atom. The number of unbranched alkanes of at least 4 members (excludes halogenated alkanes) is 26. The van der Waals surface area contributed by atoms with Gasteiger partial charge in [0, 0.05) is 19.3 Å². The molecule has 438 valence electrons. The Labute approximate surface area is 475 Å². The zero-order valence-electron chi connectivity index (χ0n) is 50.2. The van der Waals surface area contributed by atoms with Gasteiger partial charge in [-0.3, -0.25) is 14.4 Å². The predicted octanol–water partition coefficient (Wildman–Crippen LogP) is 22.0. The van der Waals surface area contributed by atoms with Crippen molar-refractivity contribution in [2.75, 3.05) is 13.2 Å². The van der Waals surface area contributed by atoms with Crippen molar-refractivity contribution in [3.05, 3.63) is 122 Å². The van der Waals surface area contributed by atoms with Crippen LogP contribution in [0.25, 0.3) is 0 Å². The minimum atomic E-state index is -0.783. The average molecular weight is 1070 g/mol. The fourth-order valence-corrected chi connectivity index (χ4v) is 8.67. The second-order valence-corrected chi connectivity index (χ2v) is 20.9. The van der Waals surface area contributed by atoms with Crippen LogP contribution in [0.4, 0.5) is 0 Å². The van der Waals surface area contributed by atoms with E-state index in [1.807, 2.05) is 0 Å². The molecule has 77 heavy (non-hydrogen) atoms. The smallest absolute Gasteiger partial charge is 0.306 e. The molecule has 0 heterocycles. The molecule has 0 spiro atoms. The highest BCUT2D eigenvalue weighted by atomic mass is 16.6. The van der Waals surface area contributed by atoms with E-state index in [1.165, 1.54) is 116 Å². The topological polar surface area (TPSA) is 78.9 Å². The summed E-state index contributed by atoms with van der Waals surface area (Å²) in [5, 5.41) is 0. The van der Waals surface area contributed by atoms with Crippen LogP contribution in [0.15, 0.2) is 122 Å². The number of carbonyl (C=O) groups is 3. The summed E-state index contributed by atoms with van der Waals surface area (Å²) in [5.41, 5.74) is 0. The average Bonchev–Trinajstić information content (AvgIpc) is 3.43. The fourth-order valence-electron chi connectivity index (χ4n) is 8.67.